The van der Waals surface area contributed by atoms with Gasteiger partial charge in [-0.25, -0.2) is 0 Å². The van der Waals surface area contributed by atoms with Crippen LogP contribution in [-0.4, -0.2) is 33.6 Å². The lowest BCUT2D eigenvalue weighted by atomic mass is 9.54. The second kappa shape index (κ2) is 7.59. The molecule has 0 radical (unpaired) electrons. The van der Waals surface area contributed by atoms with Gasteiger partial charge in [-0.2, -0.15) is 13.2 Å². The molecule has 0 bridgehead atoms. The molecule has 0 aromatic heterocycles. The van der Waals surface area contributed by atoms with E-state index in [-0.39, 0.29) is 29.8 Å². The standard InChI is InChI=1S/C27H44F3NO2/c1-16(7-10-22(32)17-5-4-6-17)19-8-9-20-18-15-25(31)24(3,21(18)11-12-23(19,20)2)13-14-26(25,33)27(28,29)30/h16-22,32-33H,4-15,31H2,1-3H3/t16-,18+,19-,20+,21+,22+,23-,24-,25?,26+/m1/s1. The van der Waals surface area contributed by atoms with Crippen molar-refractivity contribution >= 4 is 0 Å². The minimum atomic E-state index is -4.69. The zero-order valence-electron chi connectivity index (χ0n) is 20.6. The minimum absolute atomic E-state index is 0.129. The summed E-state index contributed by atoms with van der Waals surface area (Å²) in [5.74, 6) is 2.30. The van der Waals surface area contributed by atoms with Crippen LogP contribution in [0, 0.1) is 46.3 Å². The molecule has 0 amide bonds. The number of alkyl halides is 3. The maximum atomic E-state index is 14.1. The van der Waals surface area contributed by atoms with Crippen molar-refractivity contribution in [3.05, 3.63) is 0 Å². The van der Waals surface area contributed by atoms with E-state index in [1.54, 1.807) is 0 Å². The highest BCUT2D eigenvalue weighted by atomic mass is 19.4. The third kappa shape index (κ3) is 3.11. The molecule has 0 aromatic rings. The fourth-order valence-electron chi connectivity index (χ4n) is 10.1. The van der Waals surface area contributed by atoms with Crippen LogP contribution in [0.25, 0.3) is 0 Å². The van der Waals surface area contributed by atoms with Crippen molar-refractivity contribution in [2.24, 2.45) is 52.1 Å². The number of halogens is 3. The van der Waals surface area contributed by atoms with Crippen molar-refractivity contribution in [1.29, 1.82) is 0 Å². The number of hydrogen-bond donors (Lipinski definition) is 3. The van der Waals surface area contributed by atoms with Crippen LogP contribution in [0.3, 0.4) is 0 Å². The Balaban J connectivity index is 1.34. The molecule has 190 valence electrons. The van der Waals surface area contributed by atoms with E-state index in [1.807, 2.05) is 6.92 Å². The topological polar surface area (TPSA) is 66.5 Å². The van der Waals surface area contributed by atoms with Gasteiger partial charge >= 0.3 is 6.18 Å². The highest BCUT2D eigenvalue weighted by Crippen LogP contribution is 2.74. The first-order valence-corrected chi connectivity index (χ1v) is 13.5. The van der Waals surface area contributed by atoms with Gasteiger partial charge in [-0.1, -0.05) is 27.2 Å². The van der Waals surface area contributed by atoms with Gasteiger partial charge in [0.2, 0.25) is 0 Å². The van der Waals surface area contributed by atoms with Crippen molar-refractivity contribution in [1.82, 2.24) is 0 Å². The van der Waals surface area contributed by atoms with Crippen LogP contribution in [0.5, 0.6) is 0 Å². The van der Waals surface area contributed by atoms with Crippen LogP contribution in [0.4, 0.5) is 13.2 Å². The van der Waals surface area contributed by atoms with E-state index in [1.165, 1.54) is 6.42 Å². The Morgan fingerprint density at radius 1 is 0.970 bits per heavy atom. The smallest absolute Gasteiger partial charge is 0.393 e. The molecule has 3 nitrogen and oxygen atoms in total. The quantitative estimate of drug-likeness (QED) is 0.474. The number of nitrogens with two attached hydrogens (primary N) is 1. The monoisotopic (exact) mass is 471 g/mol. The second-order valence-electron chi connectivity index (χ2n) is 13.4. The fourth-order valence-corrected chi connectivity index (χ4v) is 10.1. The second-order valence-corrected chi connectivity index (χ2v) is 13.4. The lowest BCUT2D eigenvalue weighted by molar-refractivity contribution is -0.281. The summed E-state index contributed by atoms with van der Waals surface area (Å²) in [6, 6.07) is 0. The summed E-state index contributed by atoms with van der Waals surface area (Å²) < 4.78 is 42.2. The first-order chi connectivity index (χ1) is 15.3. The van der Waals surface area contributed by atoms with Crippen LogP contribution < -0.4 is 5.73 Å². The summed E-state index contributed by atoms with van der Waals surface area (Å²) in [5.41, 5.74) is 1.79. The summed E-state index contributed by atoms with van der Waals surface area (Å²) >= 11 is 0. The van der Waals surface area contributed by atoms with Gasteiger partial charge < -0.3 is 15.9 Å². The van der Waals surface area contributed by atoms with Crippen LogP contribution in [0.2, 0.25) is 0 Å². The van der Waals surface area contributed by atoms with Gasteiger partial charge in [-0.15, -0.1) is 0 Å². The van der Waals surface area contributed by atoms with Crippen LogP contribution in [-0.2, 0) is 0 Å². The highest BCUT2D eigenvalue weighted by Gasteiger charge is 2.79. The van der Waals surface area contributed by atoms with E-state index in [4.69, 9.17) is 5.73 Å². The molecule has 6 heteroatoms. The molecular weight excluding hydrogens is 427 g/mol. The number of rotatable bonds is 5. The zero-order chi connectivity index (χ0) is 24.0. The Morgan fingerprint density at radius 3 is 2.27 bits per heavy atom. The maximum Gasteiger partial charge on any atom is 0.419 e. The summed E-state index contributed by atoms with van der Waals surface area (Å²) in [7, 11) is 0. The molecule has 5 aliphatic carbocycles. The van der Waals surface area contributed by atoms with Gasteiger partial charge in [0.25, 0.3) is 0 Å². The van der Waals surface area contributed by atoms with Gasteiger partial charge in [-0.3, -0.25) is 0 Å². The molecule has 5 fully saturated rings. The molecule has 0 aromatic carbocycles. The molecule has 5 saturated carbocycles. The van der Waals surface area contributed by atoms with Crippen LogP contribution in [0.1, 0.15) is 97.8 Å². The van der Waals surface area contributed by atoms with E-state index in [2.05, 4.69) is 13.8 Å². The van der Waals surface area contributed by atoms with Gasteiger partial charge in [0, 0.05) is 0 Å². The SMILES string of the molecule is C[C@H](CC[C@H](O)C1CCC1)[C@H]1CC[C@H]2[C@@H]3CC4(N)[C@](O)(C(F)(F)F)CC[C@]4(C)[C@H]3CC[C@]12C. The molecule has 0 spiro atoms. The van der Waals surface area contributed by atoms with Gasteiger partial charge in [0.1, 0.15) is 0 Å². The van der Waals surface area contributed by atoms with E-state index in [9.17, 15) is 23.4 Å². The largest absolute Gasteiger partial charge is 0.419 e. The maximum absolute atomic E-state index is 14.1. The molecular formula is C27H44F3NO2. The number of fused-ring (bicyclic) bond motifs is 5. The molecule has 5 rings (SSSR count). The predicted molar refractivity (Wildman–Crippen MR) is 122 cm³/mol. The molecule has 4 N–H and O–H groups in total. The van der Waals surface area contributed by atoms with E-state index in [0.717, 1.165) is 51.4 Å². The Morgan fingerprint density at radius 2 is 1.67 bits per heavy atom. The average molecular weight is 472 g/mol. The lowest BCUT2D eigenvalue weighted by Gasteiger charge is -2.51. The summed E-state index contributed by atoms with van der Waals surface area (Å²) in [4.78, 5) is 0. The number of hydrogen-bond acceptors (Lipinski definition) is 3. The third-order valence-corrected chi connectivity index (χ3v) is 12.4. The highest BCUT2D eigenvalue weighted by molar-refractivity contribution is 5.28. The number of aliphatic hydroxyl groups excluding tert-OH is 1. The molecule has 0 heterocycles. The van der Waals surface area contributed by atoms with Gasteiger partial charge in [0.15, 0.2) is 5.60 Å². The van der Waals surface area contributed by atoms with Gasteiger partial charge in [-0.05, 0) is 117 Å². The normalized spacial score (nSPS) is 51.5. The Kier molecular flexibility index (Phi) is 5.60. The fraction of sp³-hybridized carbons (Fsp3) is 1.00. The van der Waals surface area contributed by atoms with E-state index >= 15 is 0 Å². The molecule has 5 aliphatic rings. The Bertz CT molecular complexity index is 771. The van der Waals surface area contributed by atoms with Crippen molar-refractivity contribution in [2.45, 2.75) is 121 Å². The van der Waals surface area contributed by atoms with Crippen molar-refractivity contribution in [2.75, 3.05) is 0 Å². The third-order valence-electron chi connectivity index (χ3n) is 12.4. The summed E-state index contributed by atoms with van der Waals surface area (Å²) in [6.45, 7) is 6.66. The summed E-state index contributed by atoms with van der Waals surface area (Å²) in [6.07, 6.45) is 5.17. The first kappa shape index (κ1) is 24.4. The Labute approximate surface area is 197 Å². The van der Waals surface area contributed by atoms with E-state index < -0.39 is 22.7 Å². The first-order valence-electron chi connectivity index (χ1n) is 13.5. The average Bonchev–Trinajstić information content (AvgIpc) is 3.22. The van der Waals surface area contributed by atoms with Gasteiger partial charge in [0.05, 0.1) is 11.6 Å². The minimum Gasteiger partial charge on any atom is -0.393 e. The number of aliphatic hydroxyl groups is 2. The molecule has 33 heavy (non-hydrogen) atoms. The zero-order valence-corrected chi connectivity index (χ0v) is 20.6. The van der Waals surface area contributed by atoms with Crippen LogP contribution in [0.15, 0.2) is 0 Å². The molecule has 10 atom stereocenters. The predicted octanol–water partition coefficient (Wildman–Crippen LogP) is 5.82. The lowest BCUT2D eigenvalue weighted by Crippen LogP contribution is -2.68. The van der Waals surface area contributed by atoms with E-state index in [0.29, 0.717) is 36.5 Å². The molecule has 0 saturated heterocycles. The van der Waals surface area contributed by atoms with Crippen molar-refractivity contribution in [3.63, 3.8) is 0 Å². The van der Waals surface area contributed by atoms with Crippen molar-refractivity contribution < 1.29 is 23.4 Å². The Hall–Kier alpha value is -0.330. The van der Waals surface area contributed by atoms with Crippen molar-refractivity contribution in [3.8, 4) is 0 Å². The molecule has 0 aliphatic heterocycles. The van der Waals surface area contributed by atoms with Crippen LogP contribution >= 0.6 is 0 Å². The summed E-state index contributed by atoms with van der Waals surface area (Å²) in [5, 5.41) is 21.4. The molecule has 1 unspecified atom stereocenters.